The summed E-state index contributed by atoms with van der Waals surface area (Å²) in [6.45, 7) is 5.84. The Kier molecular flexibility index (Phi) is 4.20. The highest BCUT2D eigenvalue weighted by Crippen LogP contribution is 2.21. The summed E-state index contributed by atoms with van der Waals surface area (Å²) >= 11 is 0. The van der Waals surface area contributed by atoms with Crippen molar-refractivity contribution in [3.05, 3.63) is 36.0 Å². The molecule has 0 bridgehead atoms. The van der Waals surface area contributed by atoms with Crippen LogP contribution in [0.3, 0.4) is 0 Å². The average Bonchev–Trinajstić information content (AvgIpc) is 3.16. The van der Waals surface area contributed by atoms with Gasteiger partial charge in [0, 0.05) is 37.2 Å². The molecule has 22 heavy (non-hydrogen) atoms. The molecule has 1 atom stereocenters. The standard InChI is InChI=1S/C16H19N3O3/c1-3-21-13-5-7-19(9-13)16(20)14-10-22-15(18-14)12-4-6-17-11(2)8-12/h4,6,8,10,13H,3,5,7,9H2,1-2H3/t13-/m0/s1. The molecule has 1 amide bonds. The van der Waals surface area contributed by atoms with Gasteiger partial charge in [-0.2, -0.15) is 0 Å². The second-order valence-electron chi connectivity index (χ2n) is 5.34. The van der Waals surface area contributed by atoms with Gasteiger partial charge in [0.25, 0.3) is 5.91 Å². The number of likely N-dealkylation sites (tertiary alicyclic amines) is 1. The zero-order valence-electron chi connectivity index (χ0n) is 12.8. The van der Waals surface area contributed by atoms with Crippen LogP contribution < -0.4 is 0 Å². The smallest absolute Gasteiger partial charge is 0.275 e. The van der Waals surface area contributed by atoms with Crippen LogP contribution in [-0.2, 0) is 4.74 Å². The van der Waals surface area contributed by atoms with Crippen LogP contribution in [0.5, 0.6) is 0 Å². The second kappa shape index (κ2) is 6.27. The topological polar surface area (TPSA) is 68.5 Å². The molecule has 0 saturated carbocycles. The molecular weight excluding hydrogens is 282 g/mol. The van der Waals surface area contributed by atoms with Crippen LogP contribution in [0.25, 0.3) is 11.5 Å². The number of nitrogens with zero attached hydrogens (tertiary/aromatic N) is 3. The van der Waals surface area contributed by atoms with Crippen LogP contribution in [-0.4, -0.2) is 46.6 Å². The lowest BCUT2D eigenvalue weighted by Crippen LogP contribution is -2.30. The van der Waals surface area contributed by atoms with Crippen molar-refractivity contribution in [3.8, 4) is 11.5 Å². The molecule has 3 rings (SSSR count). The van der Waals surface area contributed by atoms with E-state index in [9.17, 15) is 4.79 Å². The fraction of sp³-hybridized carbons (Fsp3) is 0.438. The van der Waals surface area contributed by atoms with Crippen molar-refractivity contribution in [2.45, 2.75) is 26.4 Å². The highest BCUT2D eigenvalue weighted by Gasteiger charge is 2.29. The quantitative estimate of drug-likeness (QED) is 0.866. The van der Waals surface area contributed by atoms with Gasteiger partial charge in [0.2, 0.25) is 5.89 Å². The van der Waals surface area contributed by atoms with E-state index in [1.807, 2.05) is 26.0 Å². The van der Waals surface area contributed by atoms with E-state index in [2.05, 4.69) is 9.97 Å². The van der Waals surface area contributed by atoms with Gasteiger partial charge in [0.1, 0.15) is 6.26 Å². The monoisotopic (exact) mass is 301 g/mol. The van der Waals surface area contributed by atoms with E-state index in [1.165, 1.54) is 6.26 Å². The number of hydrogen-bond donors (Lipinski definition) is 0. The Balaban J connectivity index is 1.72. The van der Waals surface area contributed by atoms with Crippen molar-refractivity contribution in [3.63, 3.8) is 0 Å². The predicted octanol–water partition coefficient (Wildman–Crippen LogP) is 2.30. The summed E-state index contributed by atoms with van der Waals surface area (Å²) in [5.74, 6) is 0.331. The van der Waals surface area contributed by atoms with Crippen molar-refractivity contribution in [2.24, 2.45) is 0 Å². The van der Waals surface area contributed by atoms with Crippen LogP contribution in [0.4, 0.5) is 0 Å². The SMILES string of the molecule is CCO[C@H]1CCN(C(=O)c2coc(-c3ccnc(C)c3)n2)C1. The molecule has 6 heteroatoms. The van der Waals surface area contributed by atoms with Gasteiger partial charge < -0.3 is 14.1 Å². The number of pyridine rings is 1. The third kappa shape index (κ3) is 3.01. The molecule has 0 spiro atoms. The van der Waals surface area contributed by atoms with Gasteiger partial charge >= 0.3 is 0 Å². The average molecular weight is 301 g/mol. The van der Waals surface area contributed by atoms with E-state index in [1.54, 1.807) is 11.1 Å². The van der Waals surface area contributed by atoms with E-state index in [-0.39, 0.29) is 12.0 Å². The van der Waals surface area contributed by atoms with Crippen LogP contribution in [0.15, 0.2) is 29.0 Å². The normalized spacial score (nSPS) is 17.9. The molecule has 1 saturated heterocycles. The molecule has 0 radical (unpaired) electrons. The van der Waals surface area contributed by atoms with E-state index in [0.717, 1.165) is 17.7 Å². The fourth-order valence-corrected chi connectivity index (χ4v) is 2.63. The highest BCUT2D eigenvalue weighted by molar-refractivity contribution is 5.92. The minimum absolute atomic E-state index is 0.108. The molecule has 116 valence electrons. The molecule has 1 fully saturated rings. The van der Waals surface area contributed by atoms with Gasteiger partial charge in [-0.3, -0.25) is 9.78 Å². The summed E-state index contributed by atoms with van der Waals surface area (Å²) < 4.78 is 11.0. The summed E-state index contributed by atoms with van der Waals surface area (Å²) in [5, 5.41) is 0. The Bertz CT molecular complexity index is 668. The van der Waals surface area contributed by atoms with Crippen LogP contribution in [0, 0.1) is 6.92 Å². The minimum atomic E-state index is -0.108. The maximum Gasteiger partial charge on any atom is 0.275 e. The number of amides is 1. The lowest BCUT2D eigenvalue weighted by Gasteiger charge is -2.14. The Labute approximate surface area is 129 Å². The molecule has 1 aliphatic rings. The Morgan fingerprint density at radius 2 is 2.41 bits per heavy atom. The summed E-state index contributed by atoms with van der Waals surface area (Å²) in [6.07, 6.45) is 4.11. The van der Waals surface area contributed by atoms with Crippen molar-refractivity contribution in [2.75, 3.05) is 19.7 Å². The molecule has 0 N–H and O–H groups in total. The Morgan fingerprint density at radius 3 is 3.18 bits per heavy atom. The van der Waals surface area contributed by atoms with Crippen molar-refractivity contribution < 1.29 is 13.9 Å². The maximum atomic E-state index is 12.4. The van der Waals surface area contributed by atoms with Crippen LogP contribution in [0.2, 0.25) is 0 Å². The lowest BCUT2D eigenvalue weighted by atomic mass is 10.2. The number of oxazole rings is 1. The number of hydrogen-bond acceptors (Lipinski definition) is 5. The zero-order valence-corrected chi connectivity index (χ0v) is 12.8. The third-order valence-electron chi connectivity index (χ3n) is 3.70. The van der Waals surface area contributed by atoms with Gasteiger partial charge in [-0.25, -0.2) is 4.98 Å². The Hall–Kier alpha value is -2.21. The number of carbonyl (C=O) groups is 1. The minimum Gasteiger partial charge on any atom is -0.444 e. The molecule has 3 heterocycles. The van der Waals surface area contributed by atoms with Crippen molar-refractivity contribution >= 4 is 5.91 Å². The van der Waals surface area contributed by atoms with E-state index >= 15 is 0 Å². The van der Waals surface area contributed by atoms with Crippen LogP contribution in [0.1, 0.15) is 29.5 Å². The first kappa shape index (κ1) is 14.7. The lowest BCUT2D eigenvalue weighted by molar-refractivity contribution is 0.0595. The Morgan fingerprint density at radius 1 is 1.55 bits per heavy atom. The molecule has 0 aliphatic carbocycles. The third-order valence-corrected chi connectivity index (χ3v) is 3.70. The molecule has 6 nitrogen and oxygen atoms in total. The van der Waals surface area contributed by atoms with Crippen molar-refractivity contribution in [1.29, 1.82) is 0 Å². The first-order valence-corrected chi connectivity index (χ1v) is 7.47. The number of aryl methyl sites for hydroxylation is 1. The summed E-state index contributed by atoms with van der Waals surface area (Å²) in [6, 6.07) is 3.69. The van der Waals surface area contributed by atoms with E-state index < -0.39 is 0 Å². The first-order valence-electron chi connectivity index (χ1n) is 7.47. The zero-order chi connectivity index (χ0) is 15.5. The highest BCUT2D eigenvalue weighted by atomic mass is 16.5. The molecule has 2 aromatic heterocycles. The molecule has 0 unspecified atom stereocenters. The number of carbonyl (C=O) groups excluding carboxylic acids is 1. The molecule has 1 aliphatic heterocycles. The van der Waals surface area contributed by atoms with Gasteiger partial charge in [-0.1, -0.05) is 0 Å². The van der Waals surface area contributed by atoms with Gasteiger partial charge in [0.15, 0.2) is 5.69 Å². The largest absolute Gasteiger partial charge is 0.444 e. The number of rotatable bonds is 4. The van der Waals surface area contributed by atoms with Crippen molar-refractivity contribution in [1.82, 2.24) is 14.9 Å². The molecule has 0 aromatic carbocycles. The maximum absolute atomic E-state index is 12.4. The number of ether oxygens (including phenoxy) is 1. The summed E-state index contributed by atoms with van der Waals surface area (Å²) in [7, 11) is 0. The number of aromatic nitrogens is 2. The predicted molar refractivity (Wildman–Crippen MR) is 80.4 cm³/mol. The van der Waals surface area contributed by atoms with E-state index in [0.29, 0.717) is 31.3 Å². The summed E-state index contributed by atoms with van der Waals surface area (Å²) in [5.41, 5.74) is 2.03. The fourth-order valence-electron chi connectivity index (χ4n) is 2.63. The van der Waals surface area contributed by atoms with Gasteiger partial charge in [-0.05, 0) is 32.4 Å². The van der Waals surface area contributed by atoms with Gasteiger partial charge in [-0.15, -0.1) is 0 Å². The second-order valence-corrected chi connectivity index (χ2v) is 5.34. The molecular formula is C16H19N3O3. The molecule has 2 aromatic rings. The van der Waals surface area contributed by atoms with Crippen LogP contribution >= 0.6 is 0 Å². The first-order chi connectivity index (χ1) is 10.7. The summed E-state index contributed by atoms with van der Waals surface area (Å²) in [4.78, 5) is 22.7. The van der Waals surface area contributed by atoms with Gasteiger partial charge in [0.05, 0.1) is 6.10 Å². The van der Waals surface area contributed by atoms with E-state index in [4.69, 9.17) is 9.15 Å².